The molecule has 0 aromatic rings. The topological polar surface area (TPSA) is 111 Å². The van der Waals surface area contributed by atoms with Crippen molar-refractivity contribution in [3.05, 3.63) is 0 Å². The average molecular weight is 269 g/mol. The first-order chi connectivity index (χ1) is 9.01. The third-order valence-electron chi connectivity index (χ3n) is 2.45. The summed E-state index contributed by atoms with van der Waals surface area (Å²) in [5.41, 5.74) is 0. The van der Waals surface area contributed by atoms with Crippen LogP contribution in [0, 0.1) is 11.3 Å². The molecule has 0 aromatic heterocycles. The Morgan fingerprint density at radius 3 is 2.42 bits per heavy atom. The van der Waals surface area contributed by atoms with Crippen molar-refractivity contribution in [2.45, 2.75) is 39.0 Å². The van der Waals surface area contributed by atoms with Crippen LogP contribution in [0.3, 0.4) is 0 Å². The number of hydrogen-bond donors (Lipinski definition) is 2. The molecule has 0 heterocycles. The van der Waals surface area contributed by atoms with E-state index in [0.717, 1.165) is 0 Å². The number of carboxylic acid groups (broad SMARTS) is 1. The lowest BCUT2D eigenvalue weighted by atomic mass is 10.2. The number of unbranched alkanes of at least 4 members (excludes halogenated alkanes) is 1. The fraction of sp³-hybridized carbons (Fsp3) is 0.667. The molecule has 0 aliphatic carbocycles. The number of nitriles is 1. The fourth-order valence-electron chi connectivity index (χ4n) is 1.41. The van der Waals surface area contributed by atoms with Gasteiger partial charge in [-0.3, -0.25) is 14.9 Å². The van der Waals surface area contributed by atoms with Crippen molar-refractivity contribution in [2.24, 2.45) is 0 Å². The van der Waals surface area contributed by atoms with Gasteiger partial charge in [-0.1, -0.05) is 0 Å². The lowest BCUT2D eigenvalue weighted by molar-refractivity contribution is -0.137. The molecule has 0 aliphatic heterocycles. The van der Waals surface area contributed by atoms with Gasteiger partial charge in [-0.2, -0.15) is 5.26 Å². The number of carbonyl (C=O) groups excluding carboxylic acids is 2. The Labute approximate surface area is 112 Å². The quantitative estimate of drug-likeness (QED) is 0.641. The average Bonchev–Trinajstić information content (AvgIpc) is 2.35. The molecule has 0 rings (SSSR count). The second kappa shape index (κ2) is 9.88. The normalized spacial score (nSPS) is 9.47. The molecule has 0 aliphatic rings. The minimum atomic E-state index is -0.898. The summed E-state index contributed by atoms with van der Waals surface area (Å²) in [7, 11) is 0. The minimum Gasteiger partial charge on any atom is -0.481 e. The molecule has 0 spiro atoms. The highest BCUT2D eigenvalue weighted by atomic mass is 16.4. The largest absolute Gasteiger partial charge is 0.481 e. The molecule has 2 N–H and O–H groups in total. The van der Waals surface area contributed by atoms with Crippen LogP contribution in [-0.2, 0) is 9.59 Å². The molecular weight excluding hydrogens is 250 g/mol. The summed E-state index contributed by atoms with van der Waals surface area (Å²) < 4.78 is 0. The van der Waals surface area contributed by atoms with Gasteiger partial charge in [0.25, 0.3) is 0 Å². The van der Waals surface area contributed by atoms with Gasteiger partial charge in [0.1, 0.15) is 0 Å². The van der Waals surface area contributed by atoms with Crippen LogP contribution < -0.4 is 5.32 Å². The molecule has 0 radical (unpaired) electrons. The number of nitrogens with zero attached hydrogens (tertiary/aromatic N) is 2. The van der Waals surface area contributed by atoms with Crippen molar-refractivity contribution in [3.63, 3.8) is 0 Å². The molecule has 0 atom stereocenters. The lowest BCUT2D eigenvalue weighted by Gasteiger charge is -2.19. The third-order valence-corrected chi connectivity index (χ3v) is 2.45. The zero-order chi connectivity index (χ0) is 14.7. The van der Waals surface area contributed by atoms with Gasteiger partial charge in [-0.25, -0.2) is 4.79 Å². The van der Waals surface area contributed by atoms with Crippen LogP contribution in [0.5, 0.6) is 0 Å². The first-order valence-electron chi connectivity index (χ1n) is 6.18. The predicted octanol–water partition coefficient (Wildman–Crippen LogP) is 1.10. The van der Waals surface area contributed by atoms with Crippen molar-refractivity contribution in [3.8, 4) is 6.07 Å². The summed E-state index contributed by atoms with van der Waals surface area (Å²) in [6.45, 7) is 2.46. The number of carbonyl (C=O) groups is 3. The molecule has 106 valence electrons. The fourth-order valence-corrected chi connectivity index (χ4v) is 1.41. The smallest absolute Gasteiger partial charge is 0.324 e. The standard InChI is InChI=1S/C12H19N3O4/c1-2-15(9-5-8-13)12(19)14-10(16)6-3-4-7-11(17)18/h2-7,9H2,1H3,(H,17,18)(H,14,16,19). The third kappa shape index (κ3) is 8.60. The minimum absolute atomic E-state index is 0.0183. The van der Waals surface area contributed by atoms with E-state index in [1.165, 1.54) is 4.90 Å². The van der Waals surface area contributed by atoms with E-state index in [1.54, 1.807) is 6.92 Å². The second-order valence-corrected chi connectivity index (χ2v) is 3.94. The Morgan fingerprint density at radius 2 is 1.89 bits per heavy atom. The van der Waals surface area contributed by atoms with Gasteiger partial charge in [-0.15, -0.1) is 0 Å². The summed E-state index contributed by atoms with van der Waals surface area (Å²) >= 11 is 0. The van der Waals surface area contributed by atoms with E-state index in [-0.39, 0.29) is 25.8 Å². The van der Waals surface area contributed by atoms with Gasteiger partial charge < -0.3 is 10.0 Å². The van der Waals surface area contributed by atoms with Crippen molar-refractivity contribution in [2.75, 3.05) is 13.1 Å². The number of nitrogens with one attached hydrogen (secondary N) is 1. The Balaban J connectivity index is 3.93. The van der Waals surface area contributed by atoms with Crippen molar-refractivity contribution in [1.29, 1.82) is 5.26 Å². The van der Waals surface area contributed by atoms with E-state index >= 15 is 0 Å². The molecule has 19 heavy (non-hydrogen) atoms. The highest BCUT2D eigenvalue weighted by molar-refractivity contribution is 5.94. The molecule has 0 fully saturated rings. The molecule has 0 saturated heterocycles. The van der Waals surface area contributed by atoms with E-state index in [0.29, 0.717) is 19.4 Å². The zero-order valence-electron chi connectivity index (χ0n) is 11.0. The molecule has 0 saturated carbocycles. The van der Waals surface area contributed by atoms with Crippen LogP contribution in [0.1, 0.15) is 39.0 Å². The SMILES string of the molecule is CCN(CCC#N)C(=O)NC(=O)CCCCC(=O)O. The summed E-state index contributed by atoms with van der Waals surface area (Å²) in [5.74, 6) is -1.32. The van der Waals surface area contributed by atoms with E-state index < -0.39 is 17.9 Å². The van der Waals surface area contributed by atoms with Crippen LogP contribution in [0.4, 0.5) is 4.79 Å². The van der Waals surface area contributed by atoms with E-state index in [4.69, 9.17) is 10.4 Å². The summed E-state index contributed by atoms with van der Waals surface area (Å²) in [6.07, 6.45) is 1.19. The van der Waals surface area contributed by atoms with Crippen LogP contribution >= 0.6 is 0 Å². The van der Waals surface area contributed by atoms with Crippen molar-refractivity contribution < 1.29 is 19.5 Å². The number of amides is 3. The molecule has 0 unspecified atom stereocenters. The van der Waals surface area contributed by atoms with E-state index in [2.05, 4.69) is 5.32 Å². The summed E-state index contributed by atoms with van der Waals surface area (Å²) in [4.78, 5) is 34.7. The second-order valence-electron chi connectivity index (χ2n) is 3.94. The number of urea groups is 1. The van der Waals surface area contributed by atoms with E-state index in [9.17, 15) is 14.4 Å². The maximum absolute atomic E-state index is 11.6. The number of hydrogen-bond acceptors (Lipinski definition) is 4. The molecule has 7 nitrogen and oxygen atoms in total. The Hall–Kier alpha value is -2.10. The molecular formula is C12H19N3O4. The lowest BCUT2D eigenvalue weighted by Crippen LogP contribution is -2.43. The first-order valence-corrected chi connectivity index (χ1v) is 6.18. The van der Waals surface area contributed by atoms with E-state index in [1.807, 2.05) is 6.07 Å². The van der Waals surface area contributed by atoms with Crippen molar-refractivity contribution in [1.82, 2.24) is 10.2 Å². The first kappa shape index (κ1) is 16.9. The predicted molar refractivity (Wildman–Crippen MR) is 67.1 cm³/mol. The number of aliphatic carboxylic acids is 1. The van der Waals surface area contributed by atoms with Crippen LogP contribution in [0.15, 0.2) is 0 Å². The van der Waals surface area contributed by atoms with Crippen LogP contribution in [0.25, 0.3) is 0 Å². The van der Waals surface area contributed by atoms with Gasteiger partial charge >= 0.3 is 12.0 Å². The molecule has 7 heteroatoms. The maximum Gasteiger partial charge on any atom is 0.324 e. The van der Waals surface area contributed by atoms with Gasteiger partial charge in [0.2, 0.25) is 5.91 Å². The number of rotatable bonds is 8. The van der Waals surface area contributed by atoms with Gasteiger partial charge in [0, 0.05) is 25.9 Å². The Kier molecular flexibility index (Phi) is 8.79. The monoisotopic (exact) mass is 269 g/mol. The summed E-state index contributed by atoms with van der Waals surface area (Å²) in [5, 5.41) is 19.1. The Morgan fingerprint density at radius 1 is 1.26 bits per heavy atom. The molecule has 0 aromatic carbocycles. The van der Waals surface area contributed by atoms with Crippen LogP contribution in [0.2, 0.25) is 0 Å². The van der Waals surface area contributed by atoms with Crippen LogP contribution in [-0.4, -0.2) is 41.0 Å². The highest BCUT2D eigenvalue weighted by Crippen LogP contribution is 2.00. The molecule has 3 amide bonds. The highest BCUT2D eigenvalue weighted by Gasteiger charge is 2.14. The Bertz CT molecular complexity index is 362. The number of carboxylic acids is 1. The summed E-state index contributed by atoms with van der Waals surface area (Å²) in [6, 6.07) is 1.42. The molecule has 0 bridgehead atoms. The van der Waals surface area contributed by atoms with Gasteiger partial charge in [-0.05, 0) is 19.8 Å². The van der Waals surface area contributed by atoms with Gasteiger partial charge in [0.15, 0.2) is 0 Å². The maximum atomic E-state index is 11.6. The van der Waals surface area contributed by atoms with Gasteiger partial charge in [0.05, 0.1) is 12.5 Å². The zero-order valence-corrected chi connectivity index (χ0v) is 11.0. The van der Waals surface area contributed by atoms with Crippen molar-refractivity contribution >= 4 is 17.9 Å². The number of imide groups is 1.